The molecule has 1 aromatic heterocycles. The molecule has 2 aromatic carbocycles. The van der Waals surface area contributed by atoms with Gasteiger partial charge in [-0.15, -0.1) is 0 Å². The molecule has 0 saturated carbocycles. The molecule has 0 unspecified atom stereocenters. The van der Waals surface area contributed by atoms with Crippen molar-refractivity contribution in [1.82, 2.24) is 8.87 Å². The number of hydrogen-bond donors (Lipinski definition) is 1. The number of sulfonamides is 1. The van der Waals surface area contributed by atoms with Crippen molar-refractivity contribution in [1.29, 1.82) is 5.26 Å². The van der Waals surface area contributed by atoms with Gasteiger partial charge >= 0.3 is 5.76 Å². The lowest BCUT2D eigenvalue weighted by Gasteiger charge is -2.15. The van der Waals surface area contributed by atoms with E-state index >= 15 is 0 Å². The lowest BCUT2D eigenvalue weighted by atomic mass is 10.2. The van der Waals surface area contributed by atoms with E-state index in [2.05, 4.69) is 5.32 Å². The number of hydrogen-bond acceptors (Lipinski definition) is 6. The average molecular weight is 475 g/mol. The van der Waals surface area contributed by atoms with E-state index in [1.165, 1.54) is 39.2 Å². The molecule has 4 rings (SSSR count). The molecular weight excluding hydrogens is 456 g/mol. The summed E-state index contributed by atoms with van der Waals surface area (Å²) >= 11 is 5.92. The van der Waals surface area contributed by atoms with Crippen molar-refractivity contribution in [2.45, 2.75) is 30.7 Å². The van der Waals surface area contributed by atoms with Crippen LogP contribution in [0.15, 0.2) is 50.5 Å². The Morgan fingerprint density at radius 1 is 1.19 bits per heavy atom. The quantitative estimate of drug-likeness (QED) is 0.585. The minimum atomic E-state index is -3.64. The maximum Gasteiger partial charge on any atom is 0.419 e. The number of oxazole rings is 1. The molecule has 1 aliphatic rings. The Balaban J connectivity index is 1.52. The summed E-state index contributed by atoms with van der Waals surface area (Å²) in [4.78, 5) is 24.8. The first kappa shape index (κ1) is 22.1. The van der Waals surface area contributed by atoms with Crippen LogP contribution >= 0.6 is 11.6 Å². The number of halogens is 1. The molecule has 11 heteroatoms. The van der Waals surface area contributed by atoms with Crippen LogP contribution in [-0.2, 0) is 21.4 Å². The van der Waals surface area contributed by atoms with Crippen LogP contribution in [0, 0.1) is 11.3 Å². The second kappa shape index (κ2) is 8.78. The van der Waals surface area contributed by atoms with Gasteiger partial charge in [0.1, 0.15) is 6.07 Å². The van der Waals surface area contributed by atoms with Crippen molar-refractivity contribution in [3.63, 3.8) is 0 Å². The summed E-state index contributed by atoms with van der Waals surface area (Å²) in [5.41, 5.74) is 1.08. The summed E-state index contributed by atoms with van der Waals surface area (Å²) in [6.07, 6.45) is 1.57. The molecular formula is C21H19ClN4O5S. The summed E-state index contributed by atoms with van der Waals surface area (Å²) < 4.78 is 33.4. The zero-order chi connectivity index (χ0) is 22.9. The fourth-order valence-electron chi connectivity index (χ4n) is 3.64. The van der Waals surface area contributed by atoms with Crippen LogP contribution in [0.5, 0.6) is 0 Å². The molecule has 0 aliphatic carbocycles. The Bertz CT molecular complexity index is 1400. The number of amides is 1. The number of rotatable bonds is 6. The molecule has 3 aromatic rings. The van der Waals surface area contributed by atoms with E-state index in [-0.39, 0.29) is 34.7 Å². The zero-order valence-electron chi connectivity index (χ0n) is 16.9. The van der Waals surface area contributed by atoms with Crippen molar-refractivity contribution >= 4 is 44.3 Å². The first-order valence-electron chi connectivity index (χ1n) is 9.92. The van der Waals surface area contributed by atoms with Crippen LogP contribution in [0.4, 0.5) is 5.69 Å². The lowest BCUT2D eigenvalue weighted by molar-refractivity contribution is -0.116. The molecule has 0 radical (unpaired) electrons. The van der Waals surface area contributed by atoms with Crippen LogP contribution in [0.1, 0.15) is 24.8 Å². The molecule has 2 heterocycles. The molecule has 0 bridgehead atoms. The van der Waals surface area contributed by atoms with Gasteiger partial charge in [-0.2, -0.15) is 9.57 Å². The monoisotopic (exact) mass is 474 g/mol. The summed E-state index contributed by atoms with van der Waals surface area (Å²) in [6, 6.07) is 10.8. The normalized spacial score (nSPS) is 14.5. The number of anilines is 1. The zero-order valence-corrected chi connectivity index (χ0v) is 18.4. The number of aromatic nitrogens is 1. The van der Waals surface area contributed by atoms with Gasteiger partial charge in [-0.1, -0.05) is 11.6 Å². The topological polar surface area (TPSA) is 125 Å². The molecule has 0 atom stereocenters. The molecule has 0 spiro atoms. The molecule has 1 saturated heterocycles. The molecule has 1 fully saturated rings. The third kappa shape index (κ3) is 4.27. The van der Waals surface area contributed by atoms with Gasteiger partial charge < -0.3 is 9.73 Å². The number of carbonyl (C=O) groups excluding carboxylic acids is 1. The van der Waals surface area contributed by atoms with Gasteiger partial charge in [0.2, 0.25) is 15.9 Å². The number of nitrogens with zero attached hydrogens (tertiary/aromatic N) is 3. The smallest absolute Gasteiger partial charge is 0.408 e. The van der Waals surface area contributed by atoms with Gasteiger partial charge in [-0.05, 0) is 43.2 Å². The second-order valence-electron chi connectivity index (χ2n) is 7.36. The Morgan fingerprint density at radius 2 is 1.94 bits per heavy atom. The molecule has 1 aliphatic heterocycles. The Morgan fingerprint density at radius 3 is 2.66 bits per heavy atom. The predicted molar refractivity (Wildman–Crippen MR) is 118 cm³/mol. The van der Waals surface area contributed by atoms with Gasteiger partial charge in [-0.3, -0.25) is 9.36 Å². The van der Waals surface area contributed by atoms with Crippen LogP contribution in [0.25, 0.3) is 11.1 Å². The number of fused-ring (bicyclic) bond motifs is 1. The minimum absolute atomic E-state index is 0.0122. The molecule has 9 nitrogen and oxygen atoms in total. The van der Waals surface area contributed by atoms with E-state index in [9.17, 15) is 18.0 Å². The maximum atomic E-state index is 12.7. The average Bonchev–Trinajstić information content (AvgIpc) is 3.40. The third-order valence-electron chi connectivity index (χ3n) is 5.28. The van der Waals surface area contributed by atoms with E-state index in [4.69, 9.17) is 21.3 Å². The van der Waals surface area contributed by atoms with Crippen LogP contribution in [0.2, 0.25) is 5.02 Å². The molecule has 32 heavy (non-hydrogen) atoms. The highest BCUT2D eigenvalue weighted by Crippen LogP contribution is 2.25. The van der Waals surface area contributed by atoms with Crippen molar-refractivity contribution in [2.24, 2.45) is 0 Å². The number of nitriles is 1. The van der Waals surface area contributed by atoms with Gasteiger partial charge in [-0.25, -0.2) is 13.2 Å². The summed E-state index contributed by atoms with van der Waals surface area (Å²) in [6.45, 7) is 0.958. The lowest BCUT2D eigenvalue weighted by Crippen LogP contribution is -2.27. The van der Waals surface area contributed by atoms with Crippen LogP contribution in [-0.4, -0.2) is 36.3 Å². The first-order chi connectivity index (χ1) is 15.3. The highest BCUT2D eigenvalue weighted by molar-refractivity contribution is 7.89. The predicted octanol–water partition coefficient (Wildman–Crippen LogP) is 2.93. The third-order valence-corrected chi connectivity index (χ3v) is 7.41. The van der Waals surface area contributed by atoms with Crippen molar-refractivity contribution in [3.8, 4) is 6.07 Å². The van der Waals surface area contributed by atoms with Gasteiger partial charge in [0.25, 0.3) is 0 Å². The number of benzene rings is 2. The van der Waals surface area contributed by atoms with Crippen LogP contribution < -0.4 is 11.1 Å². The van der Waals surface area contributed by atoms with Crippen molar-refractivity contribution < 1.29 is 17.6 Å². The SMILES string of the molecule is N#Cc1ccc(Cl)cc1NC(=O)CCn1c(=O)oc2cc(S(=O)(=O)N3CCCC3)ccc21. The minimum Gasteiger partial charge on any atom is -0.408 e. The van der Waals surface area contributed by atoms with Gasteiger partial charge in [0.15, 0.2) is 5.58 Å². The first-order valence-corrected chi connectivity index (χ1v) is 11.7. The van der Waals surface area contributed by atoms with Crippen LogP contribution in [0.3, 0.4) is 0 Å². The fraction of sp³-hybridized carbons (Fsp3) is 0.286. The largest absolute Gasteiger partial charge is 0.419 e. The second-order valence-corrected chi connectivity index (χ2v) is 9.73. The van der Waals surface area contributed by atoms with E-state index in [1.807, 2.05) is 6.07 Å². The molecule has 166 valence electrons. The molecule has 1 amide bonds. The van der Waals surface area contributed by atoms with E-state index in [1.54, 1.807) is 6.07 Å². The van der Waals surface area contributed by atoms with E-state index < -0.39 is 21.7 Å². The van der Waals surface area contributed by atoms with E-state index in [0.29, 0.717) is 23.6 Å². The number of carbonyl (C=O) groups is 1. The summed E-state index contributed by atoms with van der Waals surface area (Å²) in [5, 5.41) is 12.1. The number of nitrogens with one attached hydrogen (secondary N) is 1. The Hall–Kier alpha value is -3.13. The standard InChI is InChI=1S/C21H19ClN4O5S/c22-15-4-3-14(13-23)17(11-15)24-20(27)7-10-26-18-6-5-16(12-19(18)31-21(26)28)32(29,30)25-8-1-2-9-25/h3-6,11-12H,1-2,7-10H2,(H,24,27). The summed E-state index contributed by atoms with van der Waals surface area (Å²) in [7, 11) is -3.64. The highest BCUT2D eigenvalue weighted by atomic mass is 35.5. The maximum absolute atomic E-state index is 12.7. The van der Waals surface area contributed by atoms with Crippen molar-refractivity contribution in [3.05, 3.63) is 57.5 Å². The van der Waals surface area contributed by atoms with Crippen molar-refractivity contribution in [2.75, 3.05) is 18.4 Å². The van der Waals surface area contributed by atoms with Gasteiger partial charge in [0, 0.05) is 37.1 Å². The fourth-order valence-corrected chi connectivity index (χ4v) is 5.35. The highest BCUT2D eigenvalue weighted by Gasteiger charge is 2.28. The number of aryl methyl sites for hydroxylation is 1. The summed E-state index contributed by atoms with van der Waals surface area (Å²) in [5.74, 6) is -1.11. The van der Waals surface area contributed by atoms with E-state index in [0.717, 1.165) is 12.8 Å². The van der Waals surface area contributed by atoms with Gasteiger partial charge in [0.05, 0.1) is 21.7 Å². The Labute approximate surface area is 188 Å². The Kier molecular flexibility index (Phi) is 6.06. The molecule has 1 N–H and O–H groups in total.